The number of unbranched alkanes of at least 4 members (excludes halogenated alkanes) is 35. The molecule has 7 atom stereocenters. The molecule has 11 heteroatoms. The van der Waals surface area contributed by atoms with E-state index in [1.165, 1.54) is 173 Å². The van der Waals surface area contributed by atoms with Crippen LogP contribution in [0.25, 0.3) is 0 Å². The second-order valence-electron chi connectivity index (χ2n) is 21.8. The van der Waals surface area contributed by atoms with E-state index >= 15 is 0 Å². The van der Waals surface area contributed by atoms with Gasteiger partial charge in [-0.3, -0.25) is 9.59 Å². The van der Waals surface area contributed by atoms with Crippen LogP contribution in [0, 0.1) is 0 Å². The van der Waals surface area contributed by atoms with Crippen LogP contribution in [-0.4, -0.2) is 100 Å². The zero-order valence-corrected chi connectivity index (χ0v) is 48.3. The first-order valence-corrected chi connectivity index (χ1v) is 31.4. The Hall–Kier alpha value is -2.38. The predicted octanol–water partition coefficient (Wildman–Crippen LogP) is 14.8. The zero-order valence-electron chi connectivity index (χ0n) is 48.3. The topological polar surface area (TPSA) is 175 Å². The van der Waals surface area contributed by atoms with E-state index in [1.807, 2.05) is 19.1 Å². The number of carbonyl (C=O) groups is 2. The maximum atomic E-state index is 13.0. The molecule has 1 rings (SSSR count). The molecular formula is C64H117NO10. The highest BCUT2D eigenvalue weighted by atomic mass is 16.7. The maximum absolute atomic E-state index is 13.0. The van der Waals surface area contributed by atoms with Crippen LogP contribution >= 0.6 is 0 Å². The molecule has 7 unspecified atom stereocenters. The van der Waals surface area contributed by atoms with Gasteiger partial charge in [0.15, 0.2) is 6.29 Å². The van der Waals surface area contributed by atoms with Crippen LogP contribution in [-0.2, 0) is 23.8 Å². The van der Waals surface area contributed by atoms with E-state index in [9.17, 15) is 35.1 Å². The van der Waals surface area contributed by atoms with Crippen molar-refractivity contribution >= 4 is 11.9 Å². The molecule has 1 heterocycles. The van der Waals surface area contributed by atoms with Crippen molar-refractivity contribution in [3.05, 3.63) is 48.6 Å². The van der Waals surface area contributed by atoms with Gasteiger partial charge in [0.1, 0.15) is 24.4 Å². The number of hydrogen-bond acceptors (Lipinski definition) is 10. The van der Waals surface area contributed by atoms with Crippen LogP contribution in [0.4, 0.5) is 0 Å². The number of aliphatic hydroxyl groups is 5. The summed E-state index contributed by atoms with van der Waals surface area (Å²) in [6, 6.07) is -0.839. The van der Waals surface area contributed by atoms with Crippen molar-refractivity contribution in [3.8, 4) is 0 Å². The van der Waals surface area contributed by atoms with Gasteiger partial charge in [-0.15, -0.1) is 0 Å². The molecule has 75 heavy (non-hydrogen) atoms. The molecule has 1 aliphatic rings. The van der Waals surface area contributed by atoms with Crippen molar-refractivity contribution in [2.75, 3.05) is 19.8 Å². The minimum absolute atomic E-state index is 0.000255. The molecule has 0 saturated carbocycles. The van der Waals surface area contributed by atoms with E-state index in [-0.39, 0.29) is 18.5 Å². The van der Waals surface area contributed by atoms with Gasteiger partial charge in [0.2, 0.25) is 5.91 Å². The fourth-order valence-corrected chi connectivity index (χ4v) is 9.76. The highest BCUT2D eigenvalue weighted by Gasteiger charge is 2.44. The Morgan fingerprint density at radius 1 is 0.507 bits per heavy atom. The van der Waals surface area contributed by atoms with E-state index in [0.717, 1.165) is 83.5 Å². The van der Waals surface area contributed by atoms with E-state index < -0.39 is 49.5 Å². The normalized spacial score (nSPS) is 19.1. The van der Waals surface area contributed by atoms with Crippen molar-refractivity contribution in [2.24, 2.45) is 0 Å². The van der Waals surface area contributed by atoms with Gasteiger partial charge in [-0.2, -0.15) is 0 Å². The fourth-order valence-electron chi connectivity index (χ4n) is 9.76. The molecule has 1 aliphatic heterocycles. The van der Waals surface area contributed by atoms with Gasteiger partial charge in [0.25, 0.3) is 0 Å². The van der Waals surface area contributed by atoms with Crippen LogP contribution < -0.4 is 5.32 Å². The Balaban J connectivity index is 1.99. The minimum atomic E-state index is -1.58. The van der Waals surface area contributed by atoms with E-state index in [0.29, 0.717) is 19.4 Å². The maximum Gasteiger partial charge on any atom is 0.305 e. The van der Waals surface area contributed by atoms with Gasteiger partial charge in [-0.1, -0.05) is 242 Å². The molecule has 0 aromatic rings. The number of hydrogen-bond donors (Lipinski definition) is 6. The highest BCUT2D eigenvalue weighted by molar-refractivity contribution is 5.76. The van der Waals surface area contributed by atoms with Gasteiger partial charge in [-0.05, 0) is 77.6 Å². The lowest BCUT2D eigenvalue weighted by Crippen LogP contribution is -2.60. The second-order valence-corrected chi connectivity index (χ2v) is 21.8. The third-order valence-electron chi connectivity index (χ3n) is 14.7. The number of allylic oxidation sites excluding steroid dienone is 7. The number of esters is 1. The van der Waals surface area contributed by atoms with Crippen molar-refractivity contribution in [3.63, 3.8) is 0 Å². The van der Waals surface area contributed by atoms with Crippen LogP contribution in [0.1, 0.15) is 284 Å². The Bertz CT molecular complexity index is 1390. The quantitative estimate of drug-likeness (QED) is 0.0195. The lowest BCUT2D eigenvalue weighted by atomic mass is 9.99. The lowest BCUT2D eigenvalue weighted by Gasteiger charge is -2.40. The summed E-state index contributed by atoms with van der Waals surface area (Å²) in [6.45, 7) is 4.09. The first-order valence-electron chi connectivity index (χ1n) is 31.4. The van der Waals surface area contributed by atoms with Crippen molar-refractivity contribution in [1.82, 2.24) is 5.32 Å². The van der Waals surface area contributed by atoms with Crippen molar-refractivity contribution in [1.29, 1.82) is 0 Å². The van der Waals surface area contributed by atoms with Crippen LogP contribution in [0.2, 0.25) is 0 Å². The van der Waals surface area contributed by atoms with E-state index in [4.69, 9.17) is 14.2 Å². The minimum Gasteiger partial charge on any atom is -0.466 e. The average Bonchev–Trinajstić information content (AvgIpc) is 3.41. The molecule has 0 aromatic heterocycles. The molecule has 0 aliphatic carbocycles. The SMILES string of the molecule is C/C=C/CC/C=C/CC/C=C/C(O)C(COC1OC(CO)C(O)C(O)C1O)NC(=O)CCCCCCCCC/C=C\CCCCCCCCCCCCCOC(=O)CCCCCCCCCCCCCCCCCC. The Labute approximate surface area is 459 Å². The smallest absolute Gasteiger partial charge is 0.305 e. The first-order chi connectivity index (χ1) is 36.7. The molecule has 11 nitrogen and oxygen atoms in total. The molecule has 0 radical (unpaired) electrons. The summed E-state index contributed by atoms with van der Waals surface area (Å²) in [5.74, 6) is -0.207. The molecule has 1 amide bonds. The number of ether oxygens (including phenoxy) is 3. The van der Waals surface area contributed by atoms with E-state index in [1.54, 1.807) is 6.08 Å². The van der Waals surface area contributed by atoms with Gasteiger partial charge < -0.3 is 45.1 Å². The van der Waals surface area contributed by atoms with Crippen LogP contribution in [0.3, 0.4) is 0 Å². The summed E-state index contributed by atoms with van der Waals surface area (Å²) < 4.78 is 16.7. The summed E-state index contributed by atoms with van der Waals surface area (Å²) in [5, 5.41) is 54.1. The summed E-state index contributed by atoms with van der Waals surface area (Å²) >= 11 is 0. The molecule has 1 fully saturated rings. The summed E-state index contributed by atoms with van der Waals surface area (Å²) in [7, 11) is 0. The van der Waals surface area contributed by atoms with Gasteiger partial charge >= 0.3 is 5.97 Å². The predicted molar refractivity (Wildman–Crippen MR) is 310 cm³/mol. The second kappa shape index (κ2) is 53.6. The van der Waals surface area contributed by atoms with Crippen LogP contribution in [0.15, 0.2) is 48.6 Å². The zero-order chi connectivity index (χ0) is 54.5. The molecule has 6 N–H and O–H groups in total. The standard InChI is InChI=1S/C64H117NO10/c1-3-5-7-9-11-13-14-15-16-26-29-32-36-40-44-48-52-60(69)73-53-49-45-41-37-33-30-27-24-22-20-18-17-19-21-23-25-28-31-35-39-43-47-51-59(68)65-56(57(67)50-46-42-38-34-12-10-8-6-4-2)55-74-64-63(72)62(71)61(70)58(54-66)75-64/h4,6,12,19,21,34,46,50,56-58,61-64,66-67,70-72H,3,5,7-11,13-18,20,22-33,35-45,47-49,51-55H2,1-2H3,(H,65,68)/b6-4+,21-19-,34-12+,50-46+. The Kier molecular flexibility index (Phi) is 50.5. The molecule has 0 spiro atoms. The number of nitrogens with one attached hydrogen (secondary N) is 1. The van der Waals surface area contributed by atoms with Crippen molar-refractivity contribution < 1.29 is 49.3 Å². The number of aliphatic hydroxyl groups excluding tert-OH is 5. The van der Waals surface area contributed by atoms with E-state index in [2.05, 4.69) is 42.6 Å². The van der Waals surface area contributed by atoms with Gasteiger partial charge in [0.05, 0.1) is 32.0 Å². The first kappa shape index (κ1) is 70.6. The third-order valence-corrected chi connectivity index (χ3v) is 14.7. The molecule has 438 valence electrons. The van der Waals surface area contributed by atoms with Gasteiger partial charge in [-0.25, -0.2) is 0 Å². The van der Waals surface area contributed by atoms with Gasteiger partial charge in [0, 0.05) is 12.8 Å². The fraction of sp³-hybridized carbons (Fsp3) is 0.844. The lowest BCUT2D eigenvalue weighted by molar-refractivity contribution is -0.302. The Morgan fingerprint density at radius 3 is 1.40 bits per heavy atom. The largest absolute Gasteiger partial charge is 0.466 e. The molecule has 0 bridgehead atoms. The monoisotopic (exact) mass is 1060 g/mol. The van der Waals surface area contributed by atoms with Crippen molar-refractivity contribution in [2.45, 2.75) is 326 Å². The molecular weight excluding hydrogens is 943 g/mol. The molecule has 1 saturated heterocycles. The Morgan fingerprint density at radius 2 is 0.920 bits per heavy atom. The number of amides is 1. The summed E-state index contributed by atoms with van der Waals surface area (Å²) in [4.78, 5) is 25.1. The highest BCUT2D eigenvalue weighted by Crippen LogP contribution is 2.23. The third kappa shape index (κ3) is 43.2. The molecule has 0 aromatic carbocycles. The van der Waals surface area contributed by atoms with Crippen LogP contribution in [0.5, 0.6) is 0 Å². The summed E-state index contributed by atoms with van der Waals surface area (Å²) in [5.41, 5.74) is 0. The summed E-state index contributed by atoms with van der Waals surface area (Å²) in [6.07, 6.45) is 58.2. The average molecular weight is 1060 g/mol. The number of carbonyl (C=O) groups excluding carboxylic acids is 2. The number of rotatable bonds is 54.